The Morgan fingerprint density at radius 2 is 2.05 bits per heavy atom. The molecule has 1 N–H and O–H groups in total. The number of rotatable bonds is 4. The summed E-state index contributed by atoms with van der Waals surface area (Å²) < 4.78 is 51.5. The molecule has 0 unspecified atom stereocenters. The second-order valence-corrected chi connectivity index (χ2v) is 5.09. The van der Waals surface area contributed by atoms with Crippen molar-refractivity contribution < 1.29 is 27.5 Å². The molecule has 1 aromatic carbocycles. The number of aryl methyl sites for hydroxylation is 1. The Labute approximate surface area is 120 Å². The molecular weight excluding hydrogens is 310 g/mol. The van der Waals surface area contributed by atoms with Crippen LogP contribution in [0.25, 0.3) is 10.6 Å². The molecule has 0 fully saturated rings. The van der Waals surface area contributed by atoms with Crippen molar-refractivity contribution in [3.05, 3.63) is 40.7 Å². The molecular formula is C13H9F4NO2S. The van der Waals surface area contributed by atoms with Crippen LogP contribution < -0.4 is 0 Å². The van der Waals surface area contributed by atoms with Crippen molar-refractivity contribution in [2.24, 2.45) is 0 Å². The first-order valence-corrected chi connectivity index (χ1v) is 6.68. The van der Waals surface area contributed by atoms with Gasteiger partial charge in [-0.2, -0.15) is 13.2 Å². The van der Waals surface area contributed by atoms with Gasteiger partial charge >= 0.3 is 12.1 Å². The first-order chi connectivity index (χ1) is 9.77. The molecule has 3 nitrogen and oxygen atoms in total. The van der Waals surface area contributed by atoms with Crippen LogP contribution in [0.1, 0.15) is 17.7 Å². The van der Waals surface area contributed by atoms with Gasteiger partial charge in [0.2, 0.25) is 0 Å². The van der Waals surface area contributed by atoms with Gasteiger partial charge in [-0.25, -0.2) is 9.37 Å². The molecule has 1 heterocycles. The highest BCUT2D eigenvalue weighted by atomic mass is 32.1. The molecule has 112 valence electrons. The number of aliphatic carboxylic acids is 1. The number of thiazole rings is 1. The van der Waals surface area contributed by atoms with E-state index in [1.807, 2.05) is 0 Å². The number of hydrogen-bond acceptors (Lipinski definition) is 3. The van der Waals surface area contributed by atoms with Crippen molar-refractivity contribution in [2.75, 3.05) is 0 Å². The van der Waals surface area contributed by atoms with Crippen molar-refractivity contribution in [3.8, 4) is 10.6 Å². The Bertz CT molecular complexity index is 666. The second-order valence-electron chi connectivity index (χ2n) is 4.23. The van der Waals surface area contributed by atoms with E-state index in [1.54, 1.807) is 0 Å². The lowest BCUT2D eigenvalue weighted by atomic mass is 10.1. The number of hydrogen-bond donors (Lipinski definition) is 1. The first kappa shape index (κ1) is 15.4. The van der Waals surface area contributed by atoms with Crippen molar-refractivity contribution >= 4 is 17.3 Å². The van der Waals surface area contributed by atoms with Gasteiger partial charge in [-0.05, 0) is 18.2 Å². The van der Waals surface area contributed by atoms with Gasteiger partial charge in [-0.15, -0.1) is 11.3 Å². The van der Waals surface area contributed by atoms with E-state index in [1.165, 1.54) is 5.38 Å². The third-order valence-electron chi connectivity index (χ3n) is 2.67. The number of carbonyl (C=O) groups is 1. The molecule has 0 saturated heterocycles. The van der Waals surface area contributed by atoms with Crippen LogP contribution in [0.4, 0.5) is 17.6 Å². The van der Waals surface area contributed by atoms with Crippen LogP contribution in [-0.2, 0) is 17.4 Å². The molecule has 0 saturated carbocycles. The standard InChI is InChI=1S/C13H9F4NO2S/c14-10-3-1-7(13(15,16)17)5-9(10)12-18-8(6-21-12)2-4-11(19)20/h1,3,5-6H,2,4H2,(H,19,20). The minimum atomic E-state index is -4.56. The molecule has 8 heteroatoms. The van der Waals surface area contributed by atoms with Gasteiger partial charge in [0.1, 0.15) is 10.8 Å². The van der Waals surface area contributed by atoms with Crippen LogP contribution in [0.3, 0.4) is 0 Å². The summed E-state index contributed by atoms with van der Waals surface area (Å²) >= 11 is 0.976. The predicted molar refractivity (Wildman–Crippen MR) is 68.5 cm³/mol. The Morgan fingerprint density at radius 3 is 2.67 bits per heavy atom. The lowest BCUT2D eigenvalue weighted by molar-refractivity contribution is -0.138. The lowest BCUT2D eigenvalue weighted by Crippen LogP contribution is -2.05. The molecule has 0 bridgehead atoms. The van der Waals surface area contributed by atoms with Crippen LogP contribution >= 0.6 is 11.3 Å². The van der Waals surface area contributed by atoms with E-state index in [0.29, 0.717) is 17.8 Å². The van der Waals surface area contributed by atoms with Crippen molar-refractivity contribution in [3.63, 3.8) is 0 Å². The van der Waals surface area contributed by atoms with E-state index < -0.39 is 23.5 Å². The number of carboxylic acid groups (broad SMARTS) is 1. The van der Waals surface area contributed by atoms with E-state index in [-0.39, 0.29) is 23.4 Å². The van der Waals surface area contributed by atoms with E-state index in [0.717, 1.165) is 17.4 Å². The minimum Gasteiger partial charge on any atom is -0.481 e. The van der Waals surface area contributed by atoms with Crippen molar-refractivity contribution in [1.29, 1.82) is 0 Å². The van der Waals surface area contributed by atoms with Gasteiger partial charge in [-0.1, -0.05) is 0 Å². The highest BCUT2D eigenvalue weighted by Crippen LogP contribution is 2.34. The van der Waals surface area contributed by atoms with Crippen molar-refractivity contribution in [1.82, 2.24) is 4.98 Å². The molecule has 0 aliphatic rings. The van der Waals surface area contributed by atoms with E-state index in [9.17, 15) is 22.4 Å². The Morgan fingerprint density at radius 1 is 1.33 bits per heavy atom. The van der Waals surface area contributed by atoms with Gasteiger partial charge in [-0.3, -0.25) is 4.79 Å². The maximum Gasteiger partial charge on any atom is 0.416 e. The van der Waals surface area contributed by atoms with Crippen molar-refractivity contribution in [2.45, 2.75) is 19.0 Å². The smallest absolute Gasteiger partial charge is 0.416 e. The molecule has 21 heavy (non-hydrogen) atoms. The van der Waals surface area contributed by atoms with Crippen LogP contribution in [0.5, 0.6) is 0 Å². The average Bonchev–Trinajstić information content (AvgIpc) is 2.84. The van der Waals surface area contributed by atoms with E-state index in [2.05, 4.69) is 4.98 Å². The number of carboxylic acids is 1. The largest absolute Gasteiger partial charge is 0.481 e. The van der Waals surface area contributed by atoms with Crippen LogP contribution in [0.15, 0.2) is 23.6 Å². The third kappa shape index (κ3) is 3.78. The zero-order valence-corrected chi connectivity index (χ0v) is 11.3. The van der Waals surface area contributed by atoms with Gasteiger partial charge in [0.15, 0.2) is 0 Å². The average molecular weight is 319 g/mol. The van der Waals surface area contributed by atoms with Crippen LogP contribution in [-0.4, -0.2) is 16.1 Å². The number of benzene rings is 1. The fraction of sp³-hybridized carbons (Fsp3) is 0.231. The molecule has 0 atom stereocenters. The Balaban J connectivity index is 2.31. The summed E-state index contributed by atoms with van der Waals surface area (Å²) in [4.78, 5) is 14.4. The van der Waals surface area contributed by atoms with E-state index in [4.69, 9.17) is 5.11 Å². The zero-order valence-electron chi connectivity index (χ0n) is 10.4. The molecule has 0 aliphatic carbocycles. The summed E-state index contributed by atoms with van der Waals surface area (Å²) in [6, 6.07) is 2.11. The highest BCUT2D eigenvalue weighted by molar-refractivity contribution is 7.13. The van der Waals surface area contributed by atoms with Crippen LogP contribution in [0.2, 0.25) is 0 Å². The SMILES string of the molecule is O=C(O)CCc1csc(-c2cc(C(F)(F)F)ccc2F)n1. The molecule has 2 rings (SSSR count). The maximum absolute atomic E-state index is 13.7. The molecule has 0 radical (unpaired) electrons. The second kappa shape index (κ2) is 5.80. The van der Waals surface area contributed by atoms with Gasteiger partial charge < -0.3 is 5.11 Å². The summed E-state index contributed by atoms with van der Waals surface area (Å²) in [6.07, 6.45) is -4.56. The fourth-order valence-electron chi connectivity index (χ4n) is 1.65. The van der Waals surface area contributed by atoms with E-state index >= 15 is 0 Å². The van der Waals surface area contributed by atoms with Crippen LogP contribution in [0, 0.1) is 5.82 Å². The number of nitrogens with zero attached hydrogens (tertiary/aromatic N) is 1. The molecule has 0 amide bonds. The first-order valence-electron chi connectivity index (χ1n) is 5.80. The lowest BCUT2D eigenvalue weighted by Gasteiger charge is -2.08. The molecule has 0 aliphatic heterocycles. The zero-order chi connectivity index (χ0) is 15.6. The number of aromatic nitrogens is 1. The summed E-state index contributed by atoms with van der Waals surface area (Å²) in [5.41, 5.74) is -0.785. The maximum atomic E-state index is 13.7. The Hall–Kier alpha value is -1.96. The number of halogens is 4. The predicted octanol–water partition coefficient (Wildman–Crippen LogP) is 3.99. The van der Waals surface area contributed by atoms with Gasteiger partial charge in [0, 0.05) is 17.4 Å². The monoisotopic (exact) mass is 319 g/mol. The Kier molecular flexibility index (Phi) is 4.26. The summed E-state index contributed by atoms with van der Waals surface area (Å²) in [6.45, 7) is 0. The summed E-state index contributed by atoms with van der Waals surface area (Å²) in [7, 11) is 0. The van der Waals surface area contributed by atoms with Gasteiger partial charge in [0.25, 0.3) is 0 Å². The number of alkyl halides is 3. The molecule has 1 aromatic heterocycles. The topological polar surface area (TPSA) is 50.2 Å². The minimum absolute atomic E-state index is 0.0963. The fourth-order valence-corrected chi connectivity index (χ4v) is 2.52. The summed E-state index contributed by atoms with van der Waals surface area (Å²) in [5.74, 6) is -1.81. The third-order valence-corrected chi connectivity index (χ3v) is 3.60. The molecule has 2 aromatic rings. The normalized spacial score (nSPS) is 11.6. The van der Waals surface area contributed by atoms with Gasteiger partial charge in [0.05, 0.1) is 17.7 Å². The summed E-state index contributed by atoms with van der Waals surface area (Å²) in [5, 5.41) is 10.2. The highest BCUT2D eigenvalue weighted by Gasteiger charge is 2.31. The molecule has 0 spiro atoms. The quantitative estimate of drug-likeness (QED) is 0.867.